The van der Waals surface area contributed by atoms with Crippen LogP contribution in [0.25, 0.3) is 0 Å². The first-order valence-electron chi connectivity index (χ1n) is 10.1. The highest BCUT2D eigenvalue weighted by atomic mass is 16.4. The number of carboxylic acid groups (broad SMARTS) is 1. The van der Waals surface area contributed by atoms with E-state index in [0.29, 0.717) is 17.8 Å². The molecule has 2 rings (SSSR count). The highest BCUT2D eigenvalue weighted by Crippen LogP contribution is 2.34. The van der Waals surface area contributed by atoms with Crippen LogP contribution in [0.5, 0.6) is 0 Å². The number of urea groups is 1. The normalized spacial score (nSPS) is 17.8. The SMILES string of the molecule is CC(C)C[C@H](NC(=O)N1c2ccccc2NC(=O)[C@H]1C(C)C)C(=O)N[C@H](C)C(=O)O. The minimum atomic E-state index is -1.17. The van der Waals surface area contributed by atoms with Crippen LogP contribution in [0.2, 0.25) is 0 Å². The van der Waals surface area contributed by atoms with Gasteiger partial charge in [0.2, 0.25) is 11.8 Å². The van der Waals surface area contributed by atoms with Gasteiger partial charge in [0.05, 0.1) is 11.4 Å². The first-order chi connectivity index (χ1) is 14.0. The minimum Gasteiger partial charge on any atom is -0.480 e. The molecular weight excluding hydrogens is 388 g/mol. The molecule has 9 heteroatoms. The van der Waals surface area contributed by atoms with Crippen LogP contribution in [0, 0.1) is 11.8 Å². The molecule has 1 aliphatic rings. The lowest BCUT2D eigenvalue weighted by atomic mass is 9.97. The summed E-state index contributed by atoms with van der Waals surface area (Å²) in [5, 5.41) is 17.0. The molecule has 30 heavy (non-hydrogen) atoms. The van der Waals surface area contributed by atoms with E-state index < -0.39 is 36.0 Å². The highest BCUT2D eigenvalue weighted by molar-refractivity contribution is 6.12. The van der Waals surface area contributed by atoms with Crippen molar-refractivity contribution in [3.8, 4) is 0 Å². The monoisotopic (exact) mass is 418 g/mol. The van der Waals surface area contributed by atoms with Gasteiger partial charge in [-0.25, -0.2) is 4.79 Å². The Labute approximate surface area is 176 Å². The van der Waals surface area contributed by atoms with Gasteiger partial charge in [-0.15, -0.1) is 0 Å². The molecule has 4 amide bonds. The predicted octanol–water partition coefficient (Wildman–Crippen LogP) is 2.18. The van der Waals surface area contributed by atoms with E-state index >= 15 is 0 Å². The van der Waals surface area contributed by atoms with Gasteiger partial charge in [0, 0.05) is 0 Å². The van der Waals surface area contributed by atoms with Gasteiger partial charge in [-0.2, -0.15) is 0 Å². The number of rotatable bonds is 7. The average molecular weight is 418 g/mol. The quantitative estimate of drug-likeness (QED) is 0.540. The molecular formula is C21H30N4O5. The maximum atomic E-state index is 13.3. The Morgan fingerprint density at radius 1 is 1.10 bits per heavy atom. The first kappa shape index (κ1) is 23.2. The third-order valence-electron chi connectivity index (χ3n) is 4.87. The van der Waals surface area contributed by atoms with Crippen molar-refractivity contribution in [2.75, 3.05) is 10.2 Å². The summed E-state index contributed by atoms with van der Waals surface area (Å²) in [4.78, 5) is 51.0. The fourth-order valence-corrected chi connectivity index (χ4v) is 3.40. The van der Waals surface area contributed by atoms with Crippen molar-refractivity contribution < 1.29 is 24.3 Å². The number of aliphatic carboxylic acids is 1. The van der Waals surface area contributed by atoms with Gasteiger partial charge >= 0.3 is 12.0 Å². The number of benzene rings is 1. The fraction of sp³-hybridized carbons (Fsp3) is 0.524. The second kappa shape index (κ2) is 9.60. The Hall–Kier alpha value is -3.10. The second-order valence-corrected chi connectivity index (χ2v) is 8.27. The van der Waals surface area contributed by atoms with Crippen LogP contribution in [-0.4, -0.2) is 47.0 Å². The number of nitrogens with zero attached hydrogens (tertiary/aromatic N) is 1. The number of carbonyl (C=O) groups excluding carboxylic acids is 3. The molecule has 1 aromatic rings. The van der Waals surface area contributed by atoms with E-state index in [1.807, 2.05) is 27.7 Å². The number of carbonyl (C=O) groups is 4. The molecule has 0 unspecified atom stereocenters. The van der Waals surface area contributed by atoms with Gasteiger partial charge < -0.3 is 21.1 Å². The molecule has 3 atom stereocenters. The van der Waals surface area contributed by atoms with Crippen LogP contribution in [0.15, 0.2) is 24.3 Å². The number of anilines is 2. The maximum Gasteiger partial charge on any atom is 0.325 e. The average Bonchev–Trinajstić information content (AvgIpc) is 2.65. The van der Waals surface area contributed by atoms with Gasteiger partial charge in [-0.3, -0.25) is 19.3 Å². The molecule has 4 N–H and O–H groups in total. The second-order valence-electron chi connectivity index (χ2n) is 8.27. The smallest absolute Gasteiger partial charge is 0.325 e. The molecule has 0 aliphatic carbocycles. The fourth-order valence-electron chi connectivity index (χ4n) is 3.40. The van der Waals surface area contributed by atoms with Crippen LogP contribution in [0.1, 0.15) is 41.0 Å². The summed E-state index contributed by atoms with van der Waals surface area (Å²) >= 11 is 0. The van der Waals surface area contributed by atoms with Crippen molar-refractivity contribution in [3.05, 3.63) is 24.3 Å². The zero-order chi connectivity index (χ0) is 22.6. The van der Waals surface area contributed by atoms with E-state index in [4.69, 9.17) is 5.11 Å². The van der Waals surface area contributed by atoms with Gasteiger partial charge in [0.1, 0.15) is 18.1 Å². The van der Waals surface area contributed by atoms with Crippen LogP contribution in [0.3, 0.4) is 0 Å². The van der Waals surface area contributed by atoms with Gasteiger partial charge in [0.25, 0.3) is 0 Å². The number of carboxylic acids is 1. The summed E-state index contributed by atoms with van der Waals surface area (Å²) < 4.78 is 0. The molecule has 1 aliphatic heterocycles. The van der Waals surface area contributed by atoms with Crippen LogP contribution >= 0.6 is 0 Å². The molecule has 9 nitrogen and oxygen atoms in total. The van der Waals surface area contributed by atoms with E-state index in [1.54, 1.807) is 24.3 Å². The number of nitrogens with one attached hydrogen (secondary N) is 3. The van der Waals surface area contributed by atoms with Gasteiger partial charge in [-0.1, -0.05) is 39.8 Å². The van der Waals surface area contributed by atoms with Crippen LogP contribution in [0.4, 0.5) is 16.2 Å². The molecule has 0 saturated carbocycles. The van der Waals surface area contributed by atoms with Gasteiger partial charge in [-0.05, 0) is 37.3 Å². The van der Waals surface area contributed by atoms with Crippen LogP contribution < -0.4 is 20.9 Å². The summed E-state index contributed by atoms with van der Waals surface area (Å²) in [6, 6.07) is 3.59. The van der Waals surface area contributed by atoms with E-state index in [2.05, 4.69) is 16.0 Å². The zero-order valence-corrected chi connectivity index (χ0v) is 17.9. The number of hydrogen-bond acceptors (Lipinski definition) is 4. The molecule has 0 spiro atoms. The first-order valence-corrected chi connectivity index (χ1v) is 10.1. The Bertz CT molecular complexity index is 823. The Morgan fingerprint density at radius 3 is 2.30 bits per heavy atom. The minimum absolute atomic E-state index is 0.0685. The summed E-state index contributed by atoms with van der Waals surface area (Å²) in [5.41, 5.74) is 1.05. The summed E-state index contributed by atoms with van der Waals surface area (Å²) in [7, 11) is 0. The van der Waals surface area contributed by atoms with Crippen molar-refractivity contribution in [3.63, 3.8) is 0 Å². The lowest BCUT2D eigenvalue weighted by Crippen LogP contribution is -2.60. The van der Waals surface area contributed by atoms with E-state index in [-0.39, 0.29) is 17.7 Å². The van der Waals surface area contributed by atoms with Crippen molar-refractivity contribution in [1.82, 2.24) is 10.6 Å². The number of hydrogen-bond donors (Lipinski definition) is 4. The molecule has 0 aromatic heterocycles. The third kappa shape index (κ3) is 5.28. The Balaban J connectivity index is 2.33. The Kier molecular flexibility index (Phi) is 7.42. The highest BCUT2D eigenvalue weighted by Gasteiger charge is 2.40. The van der Waals surface area contributed by atoms with Crippen molar-refractivity contribution in [2.24, 2.45) is 11.8 Å². The number of fused-ring (bicyclic) bond motifs is 1. The molecule has 0 fully saturated rings. The standard InChI is InChI=1S/C21H30N4O5/c1-11(2)10-15(18(26)22-13(5)20(28)29)24-21(30)25-16-9-7-6-8-14(16)23-19(27)17(25)12(3)4/h6-9,11-13,15,17H,10H2,1-5H3,(H,22,26)(H,23,27)(H,24,30)(H,28,29)/t13-,15+,17-/m1/s1. The number of para-hydroxylation sites is 2. The van der Waals surface area contributed by atoms with E-state index in [0.717, 1.165) is 0 Å². The summed E-state index contributed by atoms with van der Waals surface area (Å²) in [6.45, 7) is 8.83. The van der Waals surface area contributed by atoms with E-state index in [9.17, 15) is 19.2 Å². The summed E-state index contributed by atoms with van der Waals surface area (Å²) in [6.07, 6.45) is 0.317. The Morgan fingerprint density at radius 2 is 1.73 bits per heavy atom. The van der Waals surface area contributed by atoms with Crippen molar-refractivity contribution in [1.29, 1.82) is 0 Å². The lowest BCUT2D eigenvalue weighted by molar-refractivity contribution is -0.141. The maximum absolute atomic E-state index is 13.3. The molecule has 0 bridgehead atoms. The third-order valence-corrected chi connectivity index (χ3v) is 4.87. The largest absolute Gasteiger partial charge is 0.480 e. The topological polar surface area (TPSA) is 128 Å². The molecule has 164 valence electrons. The molecule has 0 saturated heterocycles. The van der Waals surface area contributed by atoms with Crippen molar-refractivity contribution in [2.45, 2.75) is 59.2 Å². The zero-order valence-electron chi connectivity index (χ0n) is 17.9. The molecule has 1 aromatic carbocycles. The molecule has 0 radical (unpaired) electrons. The summed E-state index contributed by atoms with van der Waals surface area (Å²) in [5.74, 6) is -2.15. The molecule has 1 heterocycles. The van der Waals surface area contributed by atoms with Crippen molar-refractivity contribution >= 4 is 35.2 Å². The number of amides is 4. The van der Waals surface area contributed by atoms with Gasteiger partial charge in [0.15, 0.2) is 0 Å². The lowest BCUT2D eigenvalue weighted by Gasteiger charge is -2.39. The van der Waals surface area contributed by atoms with Crippen LogP contribution in [-0.2, 0) is 14.4 Å². The predicted molar refractivity (Wildman–Crippen MR) is 113 cm³/mol. The van der Waals surface area contributed by atoms with E-state index in [1.165, 1.54) is 11.8 Å².